The summed E-state index contributed by atoms with van der Waals surface area (Å²) in [5.74, 6) is 5.52. The molecule has 0 saturated carbocycles. The lowest BCUT2D eigenvalue weighted by Crippen LogP contribution is -2.16. The minimum absolute atomic E-state index is 0.729. The number of imidazole rings is 1. The average Bonchev–Trinajstić information content (AvgIpc) is 2.73. The van der Waals surface area contributed by atoms with Crippen LogP contribution in [0, 0.1) is 5.92 Å². The molecule has 2 nitrogen and oxygen atoms in total. The Hall–Kier alpha value is -0.440. The van der Waals surface area contributed by atoms with Crippen LogP contribution in [0.25, 0.3) is 0 Å². The lowest BCUT2D eigenvalue weighted by molar-refractivity contribution is 0.409. The third-order valence-electron chi connectivity index (χ3n) is 3.85. The van der Waals surface area contributed by atoms with Gasteiger partial charge in [-0.1, -0.05) is 6.92 Å². The van der Waals surface area contributed by atoms with Crippen molar-refractivity contribution < 1.29 is 0 Å². The van der Waals surface area contributed by atoms with Gasteiger partial charge in [-0.15, -0.1) is 0 Å². The molecule has 1 saturated heterocycles. The van der Waals surface area contributed by atoms with Crippen LogP contribution in [0.15, 0.2) is 6.20 Å². The number of hydrogen-bond donors (Lipinski definition) is 0. The molecule has 0 bridgehead atoms. The number of nitrogens with zero attached hydrogens (tertiary/aromatic N) is 2. The van der Waals surface area contributed by atoms with Gasteiger partial charge < -0.3 is 4.57 Å². The Kier molecular flexibility index (Phi) is 2.97. The predicted molar refractivity (Wildman–Crippen MR) is 69.0 cm³/mol. The Morgan fingerprint density at radius 1 is 1.44 bits per heavy atom. The molecule has 2 aliphatic rings. The molecule has 1 aromatic heterocycles. The fourth-order valence-electron chi connectivity index (χ4n) is 2.78. The first-order valence-electron chi connectivity index (χ1n) is 6.46. The van der Waals surface area contributed by atoms with E-state index in [1.807, 2.05) is 0 Å². The number of aryl methyl sites for hydroxylation is 1. The molecular weight excluding hydrogens is 216 g/mol. The fourth-order valence-corrected chi connectivity index (χ4v) is 3.94. The molecule has 3 heterocycles. The molecule has 0 N–H and O–H groups in total. The molecule has 88 valence electrons. The van der Waals surface area contributed by atoms with Gasteiger partial charge in [0.15, 0.2) is 0 Å². The van der Waals surface area contributed by atoms with Crippen molar-refractivity contribution in [2.75, 3.05) is 11.5 Å². The van der Waals surface area contributed by atoms with E-state index in [1.54, 1.807) is 0 Å². The predicted octanol–water partition coefficient (Wildman–Crippen LogP) is 3.08. The van der Waals surface area contributed by atoms with Crippen molar-refractivity contribution in [2.45, 2.75) is 45.1 Å². The standard InChI is InChI=1S/C13H20N2S/c1-10-4-5-15-8-12(14-13(15)7-10)11-3-2-6-16-9-11/h8,10-11H,2-7,9H2,1H3. The molecule has 2 atom stereocenters. The van der Waals surface area contributed by atoms with E-state index in [0.717, 1.165) is 11.8 Å². The number of thioether (sulfide) groups is 1. The lowest BCUT2D eigenvalue weighted by Gasteiger charge is -2.19. The van der Waals surface area contributed by atoms with E-state index < -0.39 is 0 Å². The summed E-state index contributed by atoms with van der Waals surface area (Å²) in [7, 11) is 0. The molecule has 1 fully saturated rings. The summed E-state index contributed by atoms with van der Waals surface area (Å²) >= 11 is 2.10. The van der Waals surface area contributed by atoms with E-state index in [0.29, 0.717) is 0 Å². The Morgan fingerprint density at radius 2 is 2.38 bits per heavy atom. The van der Waals surface area contributed by atoms with E-state index in [9.17, 15) is 0 Å². The highest BCUT2D eigenvalue weighted by Crippen LogP contribution is 2.31. The van der Waals surface area contributed by atoms with E-state index in [-0.39, 0.29) is 0 Å². The minimum Gasteiger partial charge on any atom is -0.335 e. The van der Waals surface area contributed by atoms with Crippen molar-refractivity contribution in [1.29, 1.82) is 0 Å². The van der Waals surface area contributed by atoms with Crippen LogP contribution in [-0.4, -0.2) is 21.1 Å². The normalized spacial score (nSPS) is 30.1. The van der Waals surface area contributed by atoms with Gasteiger partial charge in [0, 0.05) is 30.8 Å². The molecular formula is C13H20N2S. The maximum absolute atomic E-state index is 4.87. The molecule has 0 radical (unpaired) electrons. The van der Waals surface area contributed by atoms with Crippen molar-refractivity contribution in [3.05, 3.63) is 17.7 Å². The van der Waals surface area contributed by atoms with E-state index in [4.69, 9.17) is 4.98 Å². The zero-order valence-corrected chi connectivity index (χ0v) is 10.8. The molecule has 0 amide bonds. The average molecular weight is 236 g/mol. The van der Waals surface area contributed by atoms with Crippen LogP contribution in [0.2, 0.25) is 0 Å². The molecule has 0 aromatic carbocycles. The zero-order valence-electron chi connectivity index (χ0n) is 9.98. The number of hydrogen-bond acceptors (Lipinski definition) is 2. The topological polar surface area (TPSA) is 17.8 Å². The molecule has 2 unspecified atom stereocenters. The summed E-state index contributed by atoms with van der Waals surface area (Å²) in [6, 6.07) is 0. The van der Waals surface area contributed by atoms with Crippen molar-refractivity contribution in [3.8, 4) is 0 Å². The first kappa shape index (κ1) is 10.7. The summed E-state index contributed by atoms with van der Waals surface area (Å²) in [5.41, 5.74) is 1.37. The van der Waals surface area contributed by atoms with Crippen LogP contribution in [-0.2, 0) is 13.0 Å². The lowest BCUT2D eigenvalue weighted by atomic mass is 10.0. The quantitative estimate of drug-likeness (QED) is 0.746. The maximum atomic E-state index is 4.87. The Labute approximate surface area is 102 Å². The van der Waals surface area contributed by atoms with Crippen molar-refractivity contribution in [1.82, 2.24) is 9.55 Å². The summed E-state index contributed by atoms with van der Waals surface area (Å²) in [5, 5.41) is 0. The first-order chi connectivity index (χ1) is 7.83. The van der Waals surface area contributed by atoms with Gasteiger partial charge in [-0.3, -0.25) is 0 Å². The Bertz CT molecular complexity index is 366. The van der Waals surface area contributed by atoms with Crippen LogP contribution >= 0.6 is 11.8 Å². The molecule has 0 spiro atoms. The second-order valence-corrected chi connectivity index (χ2v) is 6.44. The minimum atomic E-state index is 0.729. The Balaban J connectivity index is 1.80. The third kappa shape index (κ3) is 2.02. The zero-order chi connectivity index (χ0) is 11.0. The largest absolute Gasteiger partial charge is 0.335 e. The van der Waals surface area contributed by atoms with Crippen LogP contribution in [0.1, 0.15) is 43.6 Å². The highest BCUT2D eigenvalue weighted by molar-refractivity contribution is 7.99. The molecule has 0 aliphatic carbocycles. The number of fused-ring (bicyclic) bond motifs is 1. The second kappa shape index (κ2) is 4.44. The van der Waals surface area contributed by atoms with Gasteiger partial charge in [0.1, 0.15) is 5.82 Å². The van der Waals surface area contributed by atoms with Gasteiger partial charge in [-0.2, -0.15) is 11.8 Å². The maximum Gasteiger partial charge on any atom is 0.109 e. The molecule has 3 rings (SSSR count). The van der Waals surface area contributed by atoms with Crippen LogP contribution in [0.5, 0.6) is 0 Å². The monoisotopic (exact) mass is 236 g/mol. The van der Waals surface area contributed by atoms with Gasteiger partial charge >= 0.3 is 0 Å². The first-order valence-corrected chi connectivity index (χ1v) is 7.62. The Morgan fingerprint density at radius 3 is 3.19 bits per heavy atom. The summed E-state index contributed by atoms with van der Waals surface area (Å²) < 4.78 is 2.40. The third-order valence-corrected chi connectivity index (χ3v) is 5.07. The van der Waals surface area contributed by atoms with E-state index >= 15 is 0 Å². The van der Waals surface area contributed by atoms with Crippen LogP contribution in [0.3, 0.4) is 0 Å². The van der Waals surface area contributed by atoms with Crippen molar-refractivity contribution in [3.63, 3.8) is 0 Å². The summed E-state index contributed by atoms with van der Waals surface area (Å²) in [6.45, 7) is 3.53. The van der Waals surface area contributed by atoms with Gasteiger partial charge in [0.25, 0.3) is 0 Å². The van der Waals surface area contributed by atoms with Gasteiger partial charge in [0.05, 0.1) is 5.69 Å². The van der Waals surface area contributed by atoms with Gasteiger partial charge in [-0.25, -0.2) is 4.98 Å². The second-order valence-electron chi connectivity index (χ2n) is 5.29. The highest BCUT2D eigenvalue weighted by atomic mass is 32.2. The number of aromatic nitrogens is 2. The van der Waals surface area contributed by atoms with Gasteiger partial charge in [0.2, 0.25) is 0 Å². The molecule has 2 aliphatic heterocycles. The molecule has 16 heavy (non-hydrogen) atoms. The van der Waals surface area contributed by atoms with Gasteiger partial charge in [-0.05, 0) is 30.9 Å². The number of rotatable bonds is 1. The summed E-state index contributed by atoms with van der Waals surface area (Å²) in [6.07, 6.45) is 7.55. The summed E-state index contributed by atoms with van der Waals surface area (Å²) in [4.78, 5) is 4.87. The SMILES string of the molecule is CC1CCn2cc(C3CCCSC3)nc2C1. The van der Waals surface area contributed by atoms with Crippen molar-refractivity contribution in [2.24, 2.45) is 5.92 Å². The smallest absolute Gasteiger partial charge is 0.109 e. The molecule has 3 heteroatoms. The van der Waals surface area contributed by atoms with Crippen LogP contribution in [0.4, 0.5) is 0 Å². The van der Waals surface area contributed by atoms with Crippen molar-refractivity contribution >= 4 is 11.8 Å². The van der Waals surface area contributed by atoms with Crippen LogP contribution < -0.4 is 0 Å². The van der Waals surface area contributed by atoms with E-state index in [2.05, 4.69) is 29.4 Å². The van der Waals surface area contributed by atoms with E-state index in [1.165, 1.54) is 55.3 Å². The highest BCUT2D eigenvalue weighted by Gasteiger charge is 2.22. The fraction of sp³-hybridized carbons (Fsp3) is 0.769. The molecule has 1 aromatic rings.